The van der Waals surface area contributed by atoms with Gasteiger partial charge < -0.3 is 9.64 Å². The number of ether oxygens (including phenoxy) is 1. The van der Waals surface area contributed by atoms with Crippen molar-refractivity contribution in [2.75, 3.05) is 27.2 Å². The summed E-state index contributed by atoms with van der Waals surface area (Å²) in [5.41, 5.74) is 1.21. The lowest BCUT2D eigenvalue weighted by molar-refractivity contribution is 0.269. The zero-order valence-corrected chi connectivity index (χ0v) is 11.7. The molecule has 0 amide bonds. The van der Waals surface area contributed by atoms with Gasteiger partial charge in [-0.05, 0) is 38.3 Å². The fourth-order valence-corrected chi connectivity index (χ4v) is 1.78. The van der Waals surface area contributed by atoms with Crippen molar-refractivity contribution in [1.29, 1.82) is 0 Å². The molecule has 1 unspecified atom stereocenters. The van der Waals surface area contributed by atoms with E-state index in [0.717, 1.165) is 13.0 Å². The molecule has 0 aliphatic carbocycles. The average molecular weight is 251 g/mol. The van der Waals surface area contributed by atoms with E-state index in [1.165, 1.54) is 5.56 Å². The van der Waals surface area contributed by atoms with Crippen LogP contribution in [-0.4, -0.2) is 37.2 Å². The highest BCUT2D eigenvalue weighted by Gasteiger charge is 2.11. The van der Waals surface area contributed by atoms with Gasteiger partial charge in [-0.25, -0.2) is 0 Å². The van der Waals surface area contributed by atoms with E-state index in [-0.39, 0.29) is 5.92 Å². The quantitative estimate of drug-likeness (QED) is 0.569. The predicted octanol–water partition coefficient (Wildman–Crippen LogP) is 3.09. The number of hydrogen-bond donors (Lipinski definition) is 0. The topological polar surface area (TPSA) is 12.5 Å². The van der Waals surface area contributed by atoms with E-state index in [1.807, 2.05) is 18.2 Å². The van der Waals surface area contributed by atoms with Gasteiger partial charge in [0.2, 0.25) is 0 Å². The SMILES string of the molecule is CC(C(=S)OCCCN(C)C)c1ccccc1. The summed E-state index contributed by atoms with van der Waals surface area (Å²) in [4.78, 5) is 2.15. The van der Waals surface area contributed by atoms with Gasteiger partial charge >= 0.3 is 0 Å². The first-order valence-corrected chi connectivity index (χ1v) is 6.38. The van der Waals surface area contributed by atoms with Crippen molar-refractivity contribution < 1.29 is 4.74 Å². The fourth-order valence-electron chi connectivity index (χ4n) is 1.56. The first kappa shape index (κ1) is 14.1. The lowest BCUT2D eigenvalue weighted by atomic mass is 10.0. The van der Waals surface area contributed by atoms with Crippen molar-refractivity contribution in [2.45, 2.75) is 19.3 Å². The highest BCUT2D eigenvalue weighted by molar-refractivity contribution is 7.80. The van der Waals surface area contributed by atoms with E-state index < -0.39 is 0 Å². The van der Waals surface area contributed by atoms with Crippen LogP contribution < -0.4 is 0 Å². The second-order valence-electron chi connectivity index (χ2n) is 4.46. The maximum Gasteiger partial charge on any atom is 0.166 e. The molecule has 1 aromatic rings. The molecule has 0 fully saturated rings. The molecular weight excluding hydrogens is 230 g/mol. The Balaban J connectivity index is 2.33. The lowest BCUT2D eigenvalue weighted by Crippen LogP contribution is -2.17. The van der Waals surface area contributed by atoms with Crippen molar-refractivity contribution in [2.24, 2.45) is 0 Å². The van der Waals surface area contributed by atoms with Crippen LogP contribution in [0.5, 0.6) is 0 Å². The summed E-state index contributed by atoms with van der Waals surface area (Å²) in [6.45, 7) is 3.82. The Hall–Kier alpha value is -0.930. The van der Waals surface area contributed by atoms with Gasteiger partial charge in [0.15, 0.2) is 5.05 Å². The number of rotatable bonds is 6. The Labute approximate surface area is 110 Å². The second kappa shape index (κ2) is 7.41. The van der Waals surface area contributed by atoms with Crippen LogP contribution in [0.3, 0.4) is 0 Å². The fraction of sp³-hybridized carbons (Fsp3) is 0.500. The van der Waals surface area contributed by atoms with Gasteiger partial charge in [-0.1, -0.05) is 37.3 Å². The van der Waals surface area contributed by atoms with Gasteiger partial charge in [-0.2, -0.15) is 0 Å². The third-order valence-electron chi connectivity index (χ3n) is 2.65. The van der Waals surface area contributed by atoms with Crippen LogP contribution in [0.15, 0.2) is 30.3 Å². The summed E-state index contributed by atoms with van der Waals surface area (Å²) in [5.74, 6) is 0.186. The van der Waals surface area contributed by atoms with Gasteiger partial charge in [-0.3, -0.25) is 0 Å². The highest BCUT2D eigenvalue weighted by Crippen LogP contribution is 2.17. The summed E-state index contributed by atoms with van der Waals surface area (Å²) in [5, 5.41) is 0.690. The van der Waals surface area contributed by atoms with Crippen LogP contribution in [0, 0.1) is 0 Å². The normalized spacial score (nSPS) is 12.5. The highest BCUT2D eigenvalue weighted by atomic mass is 32.1. The molecule has 0 heterocycles. The summed E-state index contributed by atoms with van der Waals surface area (Å²) in [6, 6.07) is 10.2. The van der Waals surface area contributed by atoms with Crippen molar-refractivity contribution in [1.82, 2.24) is 4.90 Å². The second-order valence-corrected chi connectivity index (χ2v) is 4.86. The minimum atomic E-state index is 0.186. The number of thiocarbonyl (C=S) groups is 1. The molecule has 0 aliphatic rings. The van der Waals surface area contributed by atoms with E-state index in [9.17, 15) is 0 Å². The Morgan fingerprint density at radius 2 is 1.94 bits per heavy atom. The minimum Gasteiger partial charge on any atom is -0.486 e. The molecule has 0 saturated heterocycles. The molecule has 2 nitrogen and oxygen atoms in total. The summed E-state index contributed by atoms with van der Waals surface area (Å²) >= 11 is 5.30. The molecule has 0 aliphatic heterocycles. The third-order valence-corrected chi connectivity index (χ3v) is 3.12. The number of benzene rings is 1. The van der Waals surface area contributed by atoms with Crippen LogP contribution in [0.25, 0.3) is 0 Å². The van der Waals surface area contributed by atoms with Gasteiger partial charge in [-0.15, -0.1) is 0 Å². The first-order chi connectivity index (χ1) is 8.11. The zero-order chi connectivity index (χ0) is 12.7. The van der Waals surface area contributed by atoms with Crippen LogP contribution >= 0.6 is 12.2 Å². The van der Waals surface area contributed by atoms with E-state index >= 15 is 0 Å². The third kappa shape index (κ3) is 5.29. The van der Waals surface area contributed by atoms with Gasteiger partial charge in [0.05, 0.1) is 6.61 Å². The largest absolute Gasteiger partial charge is 0.486 e. The lowest BCUT2D eigenvalue weighted by Gasteiger charge is -2.15. The van der Waals surface area contributed by atoms with Crippen molar-refractivity contribution >= 4 is 17.3 Å². The average Bonchev–Trinajstić information content (AvgIpc) is 2.34. The van der Waals surface area contributed by atoms with Crippen LogP contribution in [0.1, 0.15) is 24.8 Å². The number of nitrogens with zero attached hydrogens (tertiary/aromatic N) is 1. The molecule has 3 heteroatoms. The minimum absolute atomic E-state index is 0.186. The molecule has 0 saturated carbocycles. The number of hydrogen-bond acceptors (Lipinski definition) is 3. The Morgan fingerprint density at radius 3 is 2.53 bits per heavy atom. The zero-order valence-electron chi connectivity index (χ0n) is 10.8. The van der Waals surface area contributed by atoms with Crippen molar-refractivity contribution in [3.05, 3.63) is 35.9 Å². The van der Waals surface area contributed by atoms with Crippen molar-refractivity contribution in [3.8, 4) is 0 Å². The van der Waals surface area contributed by atoms with Crippen LogP contribution in [0.4, 0.5) is 0 Å². The molecule has 17 heavy (non-hydrogen) atoms. The maximum absolute atomic E-state index is 5.61. The standard InChI is InChI=1S/C14H21NOS/c1-12(13-8-5-4-6-9-13)14(17)16-11-7-10-15(2)3/h4-6,8-9,12H,7,10-11H2,1-3H3. The van der Waals surface area contributed by atoms with Gasteiger partial charge in [0, 0.05) is 12.5 Å². The summed E-state index contributed by atoms with van der Waals surface area (Å²) < 4.78 is 5.61. The van der Waals surface area contributed by atoms with E-state index in [4.69, 9.17) is 17.0 Å². The molecule has 0 N–H and O–H groups in total. The Bertz CT molecular complexity index is 337. The summed E-state index contributed by atoms with van der Waals surface area (Å²) in [7, 11) is 4.12. The molecule has 0 aromatic heterocycles. The molecule has 0 spiro atoms. The van der Waals surface area contributed by atoms with Gasteiger partial charge in [0.1, 0.15) is 0 Å². The van der Waals surface area contributed by atoms with Crippen LogP contribution in [-0.2, 0) is 4.74 Å². The predicted molar refractivity (Wildman–Crippen MR) is 76.6 cm³/mol. The molecule has 1 atom stereocenters. The molecule has 0 radical (unpaired) electrons. The van der Waals surface area contributed by atoms with E-state index in [0.29, 0.717) is 11.7 Å². The first-order valence-electron chi connectivity index (χ1n) is 5.97. The smallest absolute Gasteiger partial charge is 0.166 e. The molecular formula is C14H21NOS. The maximum atomic E-state index is 5.61. The summed E-state index contributed by atoms with van der Waals surface area (Å²) in [6.07, 6.45) is 1.01. The Morgan fingerprint density at radius 1 is 1.29 bits per heavy atom. The molecule has 1 rings (SSSR count). The van der Waals surface area contributed by atoms with E-state index in [2.05, 4.69) is 38.1 Å². The monoisotopic (exact) mass is 251 g/mol. The molecule has 0 bridgehead atoms. The van der Waals surface area contributed by atoms with Crippen molar-refractivity contribution in [3.63, 3.8) is 0 Å². The van der Waals surface area contributed by atoms with E-state index in [1.54, 1.807) is 0 Å². The van der Waals surface area contributed by atoms with Gasteiger partial charge in [0.25, 0.3) is 0 Å². The van der Waals surface area contributed by atoms with Crippen LogP contribution in [0.2, 0.25) is 0 Å². The molecule has 1 aromatic carbocycles. The Kier molecular flexibility index (Phi) is 6.16. The molecule has 94 valence electrons.